The van der Waals surface area contributed by atoms with E-state index in [0.717, 1.165) is 38.7 Å². The summed E-state index contributed by atoms with van der Waals surface area (Å²) in [6.07, 6.45) is 4.97. The first-order valence-corrected chi connectivity index (χ1v) is 11.0. The van der Waals surface area contributed by atoms with Gasteiger partial charge in [-0.25, -0.2) is 4.99 Å². The minimum absolute atomic E-state index is 0.366. The lowest BCUT2D eigenvalue weighted by Crippen LogP contribution is -2.46. The van der Waals surface area contributed by atoms with E-state index in [1.54, 1.807) is 7.11 Å². The van der Waals surface area contributed by atoms with Gasteiger partial charge in [0.1, 0.15) is 0 Å². The normalized spacial score (nSPS) is 15.8. The summed E-state index contributed by atoms with van der Waals surface area (Å²) in [6, 6.07) is 8.44. The molecule has 2 N–H and O–H groups in total. The van der Waals surface area contributed by atoms with Gasteiger partial charge in [0, 0.05) is 33.4 Å². The molecule has 0 heterocycles. The number of hydrogen-bond acceptors (Lipinski definition) is 4. The summed E-state index contributed by atoms with van der Waals surface area (Å²) in [7, 11) is 1.78. The number of hydrogen-bond donors (Lipinski definition) is 2. The van der Waals surface area contributed by atoms with Crippen molar-refractivity contribution in [3.8, 4) is 0 Å². The molecule has 0 aliphatic heterocycles. The molecule has 0 atom stereocenters. The van der Waals surface area contributed by atoms with Crippen molar-refractivity contribution in [2.45, 2.75) is 52.7 Å². The topological polar surface area (TPSA) is 64.1 Å². The highest BCUT2D eigenvalue weighted by Gasteiger charge is 2.36. The lowest BCUT2D eigenvalue weighted by Gasteiger charge is -2.42. The minimum atomic E-state index is 0.366. The Morgan fingerprint density at radius 2 is 1.86 bits per heavy atom. The van der Waals surface area contributed by atoms with Gasteiger partial charge in [-0.2, -0.15) is 0 Å². The molecule has 1 aromatic carbocycles. The number of nitrogens with one attached hydrogen (secondary N) is 2. The number of guanidine groups is 1. The number of aliphatic imine (C=N–C) groups is 1. The zero-order valence-electron chi connectivity index (χ0n) is 18.5. The van der Waals surface area contributed by atoms with E-state index in [9.17, 15) is 0 Å². The van der Waals surface area contributed by atoms with Crippen LogP contribution < -0.4 is 10.6 Å². The van der Waals surface area contributed by atoms with Gasteiger partial charge in [-0.05, 0) is 49.7 Å². The van der Waals surface area contributed by atoms with Gasteiger partial charge in [-0.1, -0.05) is 30.7 Å². The zero-order chi connectivity index (χ0) is 20.8. The molecule has 0 aromatic heterocycles. The summed E-state index contributed by atoms with van der Waals surface area (Å²) in [6.45, 7) is 9.97. The molecule has 0 spiro atoms. The van der Waals surface area contributed by atoms with Gasteiger partial charge >= 0.3 is 0 Å². The third kappa shape index (κ3) is 8.72. The first-order chi connectivity index (χ1) is 14.2. The van der Waals surface area contributed by atoms with Crippen LogP contribution in [-0.4, -0.2) is 52.6 Å². The number of methoxy groups -OCH3 is 1. The zero-order valence-corrected chi connectivity index (χ0v) is 18.5. The van der Waals surface area contributed by atoms with Gasteiger partial charge in [0.2, 0.25) is 0 Å². The van der Waals surface area contributed by atoms with E-state index in [1.165, 1.54) is 30.4 Å². The highest BCUT2D eigenvalue weighted by atomic mass is 16.5. The first kappa shape index (κ1) is 23.6. The number of ether oxygens (including phenoxy) is 3. The van der Waals surface area contributed by atoms with Crippen molar-refractivity contribution in [2.75, 3.05) is 46.6 Å². The van der Waals surface area contributed by atoms with Crippen molar-refractivity contribution in [3.63, 3.8) is 0 Å². The predicted octanol–water partition coefficient (Wildman–Crippen LogP) is 3.50. The fourth-order valence-corrected chi connectivity index (χ4v) is 3.56. The molecule has 164 valence electrons. The number of nitrogens with zero attached hydrogens (tertiary/aromatic N) is 1. The van der Waals surface area contributed by atoms with Crippen LogP contribution in [0.25, 0.3) is 0 Å². The average molecular weight is 406 g/mol. The number of benzene rings is 1. The van der Waals surface area contributed by atoms with Crippen LogP contribution in [0.5, 0.6) is 0 Å². The molecule has 0 saturated heterocycles. The quantitative estimate of drug-likeness (QED) is 0.282. The number of rotatable bonds is 14. The summed E-state index contributed by atoms with van der Waals surface area (Å²) in [5.74, 6) is 0.884. The molecule has 1 aliphatic carbocycles. The standard InChI is InChI=1S/C23H39N3O3/c1-4-24-22(26-19-23(10-7-11-23)12-13-27-3)25-17-20-8-6-9-21(16-20)18-29-15-14-28-5-2/h6,8-9,16H,4-5,7,10-15,17-19H2,1-3H3,(H2,24,25,26). The van der Waals surface area contributed by atoms with Crippen molar-refractivity contribution < 1.29 is 14.2 Å². The van der Waals surface area contributed by atoms with Crippen LogP contribution in [0.1, 0.15) is 50.7 Å². The maximum absolute atomic E-state index is 5.67. The van der Waals surface area contributed by atoms with Crippen LogP contribution >= 0.6 is 0 Å². The Morgan fingerprint density at radius 3 is 2.55 bits per heavy atom. The van der Waals surface area contributed by atoms with Gasteiger partial charge < -0.3 is 24.8 Å². The molecule has 1 fully saturated rings. The molecule has 0 bridgehead atoms. The molecule has 29 heavy (non-hydrogen) atoms. The van der Waals surface area contributed by atoms with E-state index in [0.29, 0.717) is 31.8 Å². The van der Waals surface area contributed by atoms with E-state index < -0.39 is 0 Å². The van der Waals surface area contributed by atoms with Crippen LogP contribution in [0.4, 0.5) is 0 Å². The largest absolute Gasteiger partial charge is 0.385 e. The fourth-order valence-electron chi connectivity index (χ4n) is 3.56. The van der Waals surface area contributed by atoms with Crippen molar-refractivity contribution in [3.05, 3.63) is 35.4 Å². The van der Waals surface area contributed by atoms with E-state index in [4.69, 9.17) is 19.2 Å². The summed E-state index contributed by atoms with van der Waals surface area (Å²) in [5, 5.41) is 6.92. The van der Waals surface area contributed by atoms with Crippen LogP contribution in [0, 0.1) is 5.41 Å². The SMILES string of the molecule is CCNC(=NCc1cccc(COCCOCC)c1)NCC1(CCOC)CCC1. The third-order valence-corrected chi connectivity index (χ3v) is 5.48. The van der Waals surface area contributed by atoms with E-state index in [1.807, 2.05) is 6.92 Å². The van der Waals surface area contributed by atoms with Crippen LogP contribution in [0.3, 0.4) is 0 Å². The molecule has 0 radical (unpaired) electrons. The Balaban J connectivity index is 1.84. The van der Waals surface area contributed by atoms with Crippen molar-refractivity contribution >= 4 is 5.96 Å². The Kier molecular flexibility index (Phi) is 11.1. The van der Waals surface area contributed by atoms with Gasteiger partial charge in [0.05, 0.1) is 26.4 Å². The highest BCUT2D eigenvalue weighted by molar-refractivity contribution is 5.79. The van der Waals surface area contributed by atoms with Crippen molar-refractivity contribution in [1.82, 2.24) is 10.6 Å². The highest BCUT2D eigenvalue weighted by Crippen LogP contribution is 2.43. The second-order valence-corrected chi connectivity index (χ2v) is 7.71. The minimum Gasteiger partial charge on any atom is -0.385 e. The second kappa shape index (κ2) is 13.6. The lowest BCUT2D eigenvalue weighted by molar-refractivity contribution is 0.0453. The van der Waals surface area contributed by atoms with Crippen molar-refractivity contribution in [2.24, 2.45) is 10.4 Å². The lowest BCUT2D eigenvalue weighted by atomic mass is 9.67. The fraction of sp³-hybridized carbons (Fsp3) is 0.696. The Hall–Kier alpha value is -1.63. The maximum Gasteiger partial charge on any atom is 0.191 e. The molecule has 1 aliphatic rings. The van der Waals surface area contributed by atoms with Gasteiger partial charge in [0.15, 0.2) is 5.96 Å². The van der Waals surface area contributed by atoms with Crippen LogP contribution in [0.2, 0.25) is 0 Å². The smallest absolute Gasteiger partial charge is 0.191 e. The molecular weight excluding hydrogens is 366 g/mol. The molecule has 6 nitrogen and oxygen atoms in total. The maximum atomic E-state index is 5.67. The molecule has 1 saturated carbocycles. The predicted molar refractivity (Wildman–Crippen MR) is 118 cm³/mol. The average Bonchev–Trinajstić information content (AvgIpc) is 2.71. The van der Waals surface area contributed by atoms with Gasteiger partial charge in [0.25, 0.3) is 0 Å². The summed E-state index contributed by atoms with van der Waals surface area (Å²) in [5.41, 5.74) is 2.72. The Morgan fingerprint density at radius 1 is 1.07 bits per heavy atom. The summed E-state index contributed by atoms with van der Waals surface area (Å²) in [4.78, 5) is 4.79. The monoisotopic (exact) mass is 405 g/mol. The van der Waals surface area contributed by atoms with Crippen molar-refractivity contribution in [1.29, 1.82) is 0 Å². The Bertz CT molecular complexity index is 603. The molecule has 2 rings (SSSR count). The molecule has 0 amide bonds. The van der Waals surface area contributed by atoms with E-state index >= 15 is 0 Å². The van der Waals surface area contributed by atoms with E-state index in [-0.39, 0.29) is 0 Å². The van der Waals surface area contributed by atoms with Gasteiger partial charge in [-0.3, -0.25) is 0 Å². The molecule has 0 unspecified atom stereocenters. The van der Waals surface area contributed by atoms with Crippen LogP contribution in [0.15, 0.2) is 29.3 Å². The molecular formula is C23H39N3O3. The van der Waals surface area contributed by atoms with Gasteiger partial charge in [-0.15, -0.1) is 0 Å². The summed E-state index contributed by atoms with van der Waals surface area (Å²) < 4.78 is 16.3. The van der Waals surface area contributed by atoms with Crippen LogP contribution in [-0.2, 0) is 27.4 Å². The molecule has 1 aromatic rings. The third-order valence-electron chi connectivity index (χ3n) is 5.48. The summed E-state index contributed by atoms with van der Waals surface area (Å²) >= 11 is 0. The van der Waals surface area contributed by atoms with E-state index in [2.05, 4.69) is 41.8 Å². The first-order valence-electron chi connectivity index (χ1n) is 11.0. The Labute approximate surface area is 176 Å². The second-order valence-electron chi connectivity index (χ2n) is 7.71. The molecule has 6 heteroatoms.